The molecule has 0 aliphatic carbocycles. The van der Waals surface area contributed by atoms with Crippen LogP contribution in [0.5, 0.6) is 0 Å². The molecule has 0 bridgehead atoms. The van der Waals surface area contributed by atoms with E-state index in [1.807, 2.05) is 24.3 Å². The summed E-state index contributed by atoms with van der Waals surface area (Å²) in [6, 6.07) is 7.99. The van der Waals surface area contributed by atoms with Crippen LogP contribution in [-0.2, 0) is 6.42 Å². The molecule has 0 amide bonds. The predicted molar refractivity (Wildman–Crippen MR) is 60.9 cm³/mol. The van der Waals surface area contributed by atoms with E-state index >= 15 is 0 Å². The predicted octanol–water partition coefficient (Wildman–Crippen LogP) is 3.07. The Morgan fingerprint density at radius 3 is 2.87 bits per heavy atom. The third-order valence-corrected chi connectivity index (χ3v) is 2.76. The van der Waals surface area contributed by atoms with Gasteiger partial charge >= 0.3 is 0 Å². The second kappa shape index (κ2) is 4.30. The first kappa shape index (κ1) is 9.97. The Morgan fingerprint density at radius 1 is 1.20 bits per heavy atom. The van der Waals surface area contributed by atoms with Crippen LogP contribution in [0.15, 0.2) is 35.9 Å². The van der Waals surface area contributed by atoms with Gasteiger partial charge in [-0.3, -0.25) is 5.21 Å². The van der Waals surface area contributed by atoms with Crippen molar-refractivity contribution in [3.8, 4) is 0 Å². The largest absolute Gasteiger partial charge is 0.285 e. The molecule has 2 heteroatoms. The number of hydrogen-bond donors (Lipinski definition) is 1. The standard InChI is InChI=1S/C13H16NO/c1-11-5-4-7-12-6-2-3-8-13(12)14(15)10-9-11/h2-3,6,8-10,15H,4-5,7H2,1H3/q+1. The molecule has 0 saturated carbocycles. The van der Waals surface area contributed by atoms with Crippen molar-refractivity contribution in [1.29, 1.82) is 0 Å². The summed E-state index contributed by atoms with van der Waals surface area (Å²) in [5.41, 5.74) is 3.41. The number of hydrogen-bond acceptors (Lipinski definition) is 1. The molecule has 1 aliphatic rings. The van der Waals surface area contributed by atoms with Gasteiger partial charge in [-0.05, 0) is 26.2 Å². The SMILES string of the molecule is CC1=CC=[N+](O)c2ccccc2CCC1. The summed E-state index contributed by atoms with van der Waals surface area (Å²) >= 11 is 0. The average molecular weight is 202 g/mol. The Labute approximate surface area is 90.1 Å². The molecule has 2 nitrogen and oxygen atoms in total. The fraction of sp³-hybridized carbons (Fsp3) is 0.308. The minimum absolute atomic E-state index is 0.892. The van der Waals surface area contributed by atoms with Crippen LogP contribution in [0.4, 0.5) is 5.69 Å². The van der Waals surface area contributed by atoms with Crippen LogP contribution < -0.4 is 0 Å². The first-order chi connectivity index (χ1) is 7.27. The molecule has 15 heavy (non-hydrogen) atoms. The van der Waals surface area contributed by atoms with Crippen molar-refractivity contribution in [2.24, 2.45) is 0 Å². The second-order valence-corrected chi connectivity index (χ2v) is 3.99. The lowest BCUT2D eigenvalue weighted by molar-refractivity contribution is -0.709. The lowest BCUT2D eigenvalue weighted by atomic mass is 10.0. The molecule has 0 unspecified atom stereocenters. The highest BCUT2D eigenvalue weighted by molar-refractivity contribution is 5.68. The van der Waals surface area contributed by atoms with E-state index in [0.29, 0.717) is 0 Å². The Hall–Kier alpha value is -1.57. The zero-order valence-corrected chi connectivity index (χ0v) is 8.98. The normalized spacial score (nSPS) is 16.6. The van der Waals surface area contributed by atoms with E-state index < -0.39 is 0 Å². The number of nitrogens with zero attached hydrogens (tertiary/aromatic N) is 1. The van der Waals surface area contributed by atoms with Gasteiger partial charge in [-0.1, -0.05) is 23.8 Å². The maximum atomic E-state index is 9.84. The Balaban J connectivity index is 2.45. The molecule has 0 spiro atoms. The van der Waals surface area contributed by atoms with E-state index in [-0.39, 0.29) is 0 Å². The van der Waals surface area contributed by atoms with Crippen LogP contribution >= 0.6 is 0 Å². The number of aryl methyl sites for hydroxylation is 1. The summed E-state index contributed by atoms with van der Waals surface area (Å²) in [4.78, 5) is 0. The highest BCUT2D eigenvalue weighted by atomic mass is 16.5. The third kappa shape index (κ3) is 2.27. The van der Waals surface area contributed by atoms with Crippen molar-refractivity contribution in [3.63, 3.8) is 0 Å². The molecule has 0 saturated heterocycles. The fourth-order valence-corrected chi connectivity index (χ4v) is 1.86. The number of fused-ring (bicyclic) bond motifs is 1. The van der Waals surface area contributed by atoms with E-state index in [0.717, 1.165) is 24.9 Å². The van der Waals surface area contributed by atoms with Crippen molar-refractivity contribution in [2.75, 3.05) is 0 Å². The van der Waals surface area contributed by atoms with Gasteiger partial charge in [-0.15, -0.1) is 0 Å². The summed E-state index contributed by atoms with van der Waals surface area (Å²) in [6.45, 7) is 2.10. The Bertz CT molecular complexity index is 418. The van der Waals surface area contributed by atoms with Gasteiger partial charge in [0.2, 0.25) is 6.21 Å². The lowest BCUT2D eigenvalue weighted by Gasteiger charge is -2.01. The summed E-state index contributed by atoms with van der Waals surface area (Å²) < 4.78 is 1.21. The van der Waals surface area contributed by atoms with Gasteiger partial charge in [0.05, 0.1) is 0 Å². The number of rotatable bonds is 0. The number of benzene rings is 1. The number of allylic oxidation sites excluding steroid dienone is 2. The molecule has 1 N–H and O–H groups in total. The van der Waals surface area contributed by atoms with Gasteiger partial charge in [0.15, 0.2) is 0 Å². The minimum atomic E-state index is 0.892. The summed E-state index contributed by atoms with van der Waals surface area (Å²) in [5.74, 6) is 0. The molecule has 1 aliphatic heterocycles. The fourth-order valence-electron chi connectivity index (χ4n) is 1.86. The maximum absolute atomic E-state index is 9.84. The van der Waals surface area contributed by atoms with E-state index in [4.69, 9.17) is 0 Å². The van der Waals surface area contributed by atoms with Crippen LogP contribution in [0, 0.1) is 0 Å². The van der Waals surface area contributed by atoms with Crippen molar-refractivity contribution in [3.05, 3.63) is 41.5 Å². The molecular weight excluding hydrogens is 186 g/mol. The molecule has 0 fully saturated rings. The zero-order valence-electron chi connectivity index (χ0n) is 8.98. The van der Waals surface area contributed by atoms with Gasteiger partial charge in [-0.25, -0.2) is 0 Å². The highest BCUT2D eigenvalue weighted by Gasteiger charge is 2.13. The van der Waals surface area contributed by atoms with E-state index in [2.05, 4.69) is 13.0 Å². The summed E-state index contributed by atoms with van der Waals surface area (Å²) in [7, 11) is 0. The average Bonchev–Trinajstić information content (AvgIpc) is 2.32. The van der Waals surface area contributed by atoms with Gasteiger partial charge < -0.3 is 0 Å². The highest BCUT2D eigenvalue weighted by Crippen LogP contribution is 2.21. The zero-order chi connectivity index (χ0) is 10.7. The van der Waals surface area contributed by atoms with E-state index in [1.54, 1.807) is 6.21 Å². The molecule has 1 aromatic carbocycles. The summed E-state index contributed by atoms with van der Waals surface area (Å²) in [5, 5.41) is 9.84. The minimum Gasteiger partial charge on any atom is -0.285 e. The van der Waals surface area contributed by atoms with E-state index in [1.165, 1.54) is 15.9 Å². The van der Waals surface area contributed by atoms with Crippen LogP contribution in [0.3, 0.4) is 0 Å². The second-order valence-electron chi connectivity index (χ2n) is 3.99. The summed E-state index contributed by atoms with van der Waals surface area (Å²) in [6.07, 6.45) is 6.95. The lowest BCUT2D eigenvalue weighted by Crippen LogP contribution is -2.01. The Kier molecular flexibility index (Phi) is 2.86. The Morgan fingerprint density at radius 2 is 2.00 bits per heavy atom. The molecule has 0 aromatic heterocycles. The molecule has 78 valence electrons. The van der Waals surface area contributed by atoms with Gasteiger partial charge in [-0.2, -0.15) is 0 Å². The van der Waals surface area contributed by atoms with E-state index in [9.17, 15) is 5.21 Å². The quantitative estimate of drug-likeness (QED) is 0.507. The van der Waals surface area contributed by atoms with Crippen LogP contribution in [0.1, 0.15) is 25.3 Å². The van der Waals surface area contributed by atoms with Gasteiger partial charge in [0, 0.05) is 22.4 Å². The first-order valence-corrected chi connectivity index (χ1v) is 5.34. The smallest absolute Gasteiger partial charge is 0.260 e. The number of para-hydroxylation sites is 1. The molecule has 1 heterocycles. The molecule has 2 rings (SSSR count). The van der Waals surface area contributed by atoms with Crippen LogP contribution in [0.2, 0.25) is 0 Å². The van der Waals surface area contributed by atoms with Crippen LogP contribution in [0.25, 0.3) is 0 Å². The first-order valence-electron chi connectivity index (χ1n) is 5.34. The topological polar surface area (TPSA) is 23.2 Å². The monoisotopic (exact) mass is 202 g/mol. The third-order valence-electron chi connectivity index (χ3n) is 2.76. The maximum Gasteiger partial charge on any atom is 0.260 e. The van der Waals surface area contributed by atoms with Crippen molar-refractivity contribution in [1.82, 2.24) is 0 Å². The molecular formula is C13H16NO+. The van der Waals surface area contributed by atoms with Gasteiger partial charge in [0.25, 0.3) is 5.69 Å². The van der Waals surface area contributed by atoms with Crippen LogP contribution in [-0.4, -0.2) is 16.2 Å². The van der Waals surface area contributed by atoms with Gasteiger partial charge in [0.1, 0.15) is 0 Å². The molecule has 0 atom stereocenters. The van der Waals surface area contributed by atoms with Crippen molar-refractivity contribution < 1.29 is 9.95 Å². The van der Waals surface area contributed by atoms with Crippen molar-refractivity contribution >= 4 is 11.9 Å². The van der Waals surface area contributed by atoms with Crippen molar-refractivity contribution in [2.45, 2.75) is 26.2 Å². The molecule has 0 radical (unpaired) electrons. The molecule has 1 aromatic rings.